The van der Waals surface area contributed by atoms with Gasteiger partial charge in [-0.25, -0.2) is 0 Å². The van der Waals surface area contributed by atoms with E-state index in [4.69, 9.17) is 12.8 Å². The first-order valence-electron chi connectivity index (χ1n) is 24.2. The largest absolute Gasteiger partial charge is 1.00 e. The number of fused-ring (bicyclic) bond motifs is 6. The second-order valence-corrected chi connectivity index (χ2v) is 22.7. The summed E-state index contributed by atoms with van der Waals surface area (Å²) in [4.78, 5) is 0. The fourth-order valence-electron chi connectivity index (χ4n) is 9.95. The van der Waals surface area contributed by atoms with Crippen LogP contribution in [0.5, 0.6) is 0 Å². The minimum Gasteiger partial charge on any atom is -0.366 e. The third kappa shape index (κ3) is 11.2. The molecule has 13 aromatic rings. The summed E-state index contributed by atoms with van der Waals surface area (Å²) in [5, 5.41) is 23.1. The van der Waals surface area contributed by atoms with Crippen LogP contribution in [0.2, 0.25) is 0 Å². The number of hydrogen-bond donors (Lipinski definition) is 0. The first kappa shape index (κ1) is 51.8. The molecule has 13 rings (SSSR count). The first-order valence-corrected chi connectivity index (χ1v) is 27.2. The van der Waals surface area contributed by atoms with Crippen molar-refractivity contribution in [2.24, 2.45) is 0 Å². The maximum atomic E-state index is 7.41. The number of hydrogen-bond acceptors (Lipinski definition) is 0. The minimum absolute atomic E-state index is 0. The van der Waals surface area contributed by atoms with E-state index in [0.29, 0.717) is 0 Å². The van der Waals surface area contributed by atoms with Crippen LogP contribution in [0.25, 0.3) is 64.6 Å². The molecule has 74 heavy (non-hydrogen) atoms. The van der Waals surface area contributed by atoms with E-state index < -0.39 is 15.8 Å². The second kappa shape index (κ2) is 24.3. The normalized spacial score (nSPS) is 10.7. The van der Waals surface area contributed by atoms with Gasteiger partial charge < -0.3 is 12.8 Å². The number of benzene rings is 13. The smallest absolute Gasteiger partial charge is 0.366 e. The van der Waals surface area contributed by atoms with Crippen molar-refractivity contribution in [3.8, 4) is 11.8 Å². The summed E-state index contributed by atoms with van der Waals surface area (Å²) in [5.41, 5.74) is 1.69. The van der Waals surface area contributed by atoms with Crippen LogP contribution in [-0.4, -0.2) is 0 Å². The maximum Gasteiger partial charge on any atom is 1.00 e. The van der Waals surface area contributed by atoms with Gasteiger partial charge in [-0.3, -0.25) is 11.8 Å². The predicted octanol–water partition coefficient (Wildman–Crippen LogP) is 14.8. The Morgan fingerprint density at radius 2 is 0.473 bits per heavy atom. The monoisotopic (exact) mass is 1160 g/mol. The molecular weight excluding hydrogens is 1120 g/mol. The third-order valence-corrected chi connectivity index (χ3v) is 19.2. The van der Waals surface area contributed by atoms with Crippen molar-refractivity contribution in [1.82, 2.24) is 0 Å². The Morgan fingerprint density at radius 1 is 0.230 bits per heavy atom. The van der Waals surface area contributed by atoms with Crippen molar-refractivity contribution in [2.45, 2.75) is 0 Å². The summed E-state index contributed by atoms with van der Waals surface area (Å²) in [6.45, 7) is 0. The zero-order chi connectivity index (χ0) is 48.6. The molecule has 0 fully saturated rings. The van der Waals surface area contributed by atoms with Crippen LogP contribution in [0.4, 0.5) is 0 Å². The summed E-state index contributed by atoms with van der Waals surface area (Å²) in [7, 11) is -2.28. The maximum absolute atomic E-state index is 7.41. The molecule has 0 saturated heterocycles. The van der Waals surface area contributed by atoms with Gasteiger partial charge in [0.05, 0.1) is 0 Å². The van der Waals surface area contributed by atoms with Crippen molar-refractivity contribution in [3.05, 3.63) is 303 Å². The molecule has 0 N–H and O–H groups in total. The Kier molecular flexibility index (Phi) is 17.0. The third-order valence-electron chi connectivity index (χ3n) is 13.4. The van der Waals surface area contributed by atoms with Gasteiger partial charge in [-0.1, -0.05) is 181 Å². The molecule has 13 aromatic carbocycles. The molecule has 0 aromatic heterocycles. The Hall–Kier alpha value is -7.12. The average molecular weight is 1170 g/mol. The summed E-state index contributed by atoms with van der Waals surface area (Å²) >= 11 is 0. The van der Waals surface area contributed by atoms with E-state index in [-0.39, 0.29) is 44.8 Å². The zero-order valence-electron chi connectivity index (χ0n) is 40.2. The van der Waals surface area contributed by atoms with Crippen molar-refractivity contribution >= 4 is 112 Å². The molecule has 0 aliphatic heterocycles. The van der Waals surface area contributed by atoms with Crippen LogP contribution in [0.1, 0.15) is 11.1 Å². The molecule has 0 aliphatic rings. The average Bonchev–Trinajstić information content (AvgIpc) is 3.44. The van der Waals surface area contributed by atoms with Gasteiger partial charge >= 0.3 is 44.8 Å². The fourth-order valence-corrected chi connectivity index (χ4v) is 15.9. The summed E-state index contributed by atoms with van der Waals surface area (Å²) in [6, 6.07) is 99.8. The predicted molar refractivity (Wildman–Crippen MR) is 317 cm³/mol. The Bertz CT molecular complexity index is 3780. The SMILES string of the molecule is [Ag+].[Ag+].[C-]#Cc1cccc2cc3cc4ccccc4cc3cc12.[C-]#Cc1cccc2cc3cc4ccccc4cc3cc12.c1ccc([PH+](c2ccccc2)c2ccccc2[PH+](c2ccccc2)c2ccccc2)cc1. The van der Waals surface area contributed by atoms with E-state index in [1.54, 1.807) is 0 Å². The van der Waals surface area contributed by atoms with E-state index in [1.807, 2.05) is 24.3 Å². The van der Waals surface area contributed by atoms with Gasteiger partial charge in [-0.05, 0) is 151 Å². The van der Waals surface area contributed by atoms with E-state index >= 15 is 0 Å². The number of rotatable bonds is 6. The van der Waals surface area contributed by atoms with Crippen molar-refractivity contribution in [2.75, 3.05) is 0 Å². The second-order valence-electron chi connectivity index (χ2n) is 17.9. The first-order chi connectivity index (χ1) is 35.6. The van der Waals surface area contributed by atoms with Crippen LogP contribution in [0.3, 0.4) is 0 Å². The molecule has 0 atom stereocenters. The zero-order valence-corrected chi connectivity index (χ0v) is 45.1. The Morgan fingerprint density at radius 3 is 0.770 bits per heavy atom. The molecule has 0 heterocycles. The van der Waals surface area contributed by atoms with Crippen molar-refractivity contribution in [3.63, 3.8) is 0 Å². The molecule has 0 saturated carbocycles. The van der Waals surface area contributed by atoms with Crippen molar-refractivity contribution in [1.29, 1.82) is 0 Å². The van der Waals surface area contributed by atoms with Gasteiger partial charge in [-0.15, -0.1) is 23.3 Å². The standard InChI is InChI=1S/C30H24P2.2C20H11.2Ag/c1-5-15-25(16-6-1)31(26-17-7-2-8-18-26)29-23-13-14-24-30(29)32(27-19-9-3-10-20-27)28-21-11-4-12-22-28;2*1-2-14-8-5-9-17-12-18-10-15-6-3-4-7-16(15)11-19(18)13-20(14)17;;/h1-24H;2*3-13H;;/q;2*-1;2*+1/p+2. The van der Waals surface area contributed by atoms with E-state index in [9.17, 15) is 0 Å². The summed E-state index contributed by atoms with van der Waals surface area (Å²) < 4.78 is 0. The molecule has 0 unspecified atom stereocenters. The Labute approximate surface area is 468 Å². The van der Waals surface area contributed by atoms with Gasteiger partial charge in [0.25, 0.3) is 0 Å². The molecule has 4 heteroatoms. The van der Waals surface area contributed by atoms with E-state index in [2.05, 4.69) is 267 Å². The molecule has 0 nitrogen and oxygen atoms in total. The van der Waals surface area contributed by atoms with Gasteiger partial charge in [0, 0.05) is 0 Å². The van der Waals surface area contributed by atoms with Crippen LogP contribution < -0.4 is 31.8 Å². The molecule has 0 radical (unpaired) electrons. The van der Waals surface area contributed by atoms with E-state index in [1.165, 1.54) is 74.9 Å². The molecule has 0 spiro atoms. The fraction of sp³-hybridized carbons (Fsp3) is 0. The quantitative estimate of drug-likeness (QED) is 0.0512. The van der Waals surface area contributed by atoms with Crippen LogP contribution >= 0.6 is 15.8 Å². The van der Waals surface area contributed by atoms with Crippen LogP contribution in [0, 0.1) is 24.7 Å². The molecular formula is C70H48Ag2P2+2. The molecule has 0 amide bonds. The van der Waals surface area contributed by atoms with Crippen molar-refractivity contribution < 1.29 is 44.8 Å². The van der Waals surface area contributed by atoms with Crippen LogP contribution in [-0.2, 0) is 44.8 Å². The molecule has 0 bridgehead atoms. The van der Waals surface area contributed by atoms with Gasteiger partial charge in [0.15, 0.2) is 0 Å². The topological polar surface area (TPSA) is 0 Å². The Balaban J connectivity index is 0.000000140. The minimum atomic E-state index is -1.14. The molecule has 358 valence electrons. The molecule has 0 aliphatic carbocycles. The van der Waals surface area contributed by atoms with Gasteiger partial charge in [-0.2, -0.15) is 0 Å². The van der Waals surface area contributed by atoms with Gasteiger partial charge in [0.1, 0.15) is 47.7 Å². The van der Waals surface area contributed by atoms with E-state index in [0.717, 1.165) is 32.7 Å². The summed E-state index contributed by atoms with van der Waals surface area (Å²) in [6.07, 6.45) is 14.8. The van der Waals surface area contributed by atoms with Gasteiger partial charge in [0.2, 0.25) is 0 Å². The van der Waals surface area contributed by atoms with Crippen LogP contribution in [0.15, 0.2) is 279 Å². The summed E-state index contributed by atoms with van der Waals surface area (Å²) in [5.74, 6) is 5.04.